The summed E-state index contributed by atoms with van der Waals surface area (Å²) in [5, 5.41) is 15.2. The number of alkyl halides is 2. The zero-order valence-electron chi connectivity index (χ0n) is 5.70. The van der Waals surface area contributed by atoms with E-state index in [-0.39, 0.29) is 36.6 Å². The topological polar surface area (TPSA) is 74.6 Å². The maximum atomic E-state index is 9.24. The minimum absolute atomic E-state index is 0. The third-order valence-corrected chi connectivity index (χ3v) is 0.686. The molecular weight excluding hydrogens is 254 g/mol. The van der Waals surface area contributed by atoms with Crippen LogP contribution in [0.15, 0.2) is 0 Å². The second-order valence-corrected chi connectivity index (χ2v) is 1.59. The van der Waals surface area contributed by atoms with Crippen LogP contribution in [0.2, 0.25) is 0 Å². The van der Waals surface area contributed by atoms with E-state index in [1.54, 1.807) is 0 Å². The van der Waals surface area contributed by atoms with Gasteiger partial charge in [-0.2, -0.15) is 0 Å². The second-order valence-electron chi connectivity index (χ2n) is 1.05. The zero-order valence-corrected chi connectivity index (χ0v) is 8.84. The van der Waals surface area contributed by atoms with E-state index in [0.717, 1.165) is 0 Å². The van der Waals surface area contributed by atoms with Crippen LogP contribution in [0.4, 0.5) is 0 Å². The summed E-state index contributed by atoms with van der Waals surface area (Å²) in [6.45, 7) is 0. The smallest absolute Gasteiger partial charge is 0.318 e. The van der Waals surface area contributed by atoms with Crippen molar-refractivity contribution in [1.29, 1.82) is 0 Å². The van der Waals surface area contributed by atoms with Gasteiger partial charge in [-0.1, -0.05) is 0 Å². The summed E-state index contributed by atoms with van der Waals surface area (Å²) in [6, 6.07) is 0. The van der Waals surface area contributed by atoms with Crippen molar-refractivity contribution in [3.8, 4) is 0 Å². The number of carbonyl (C=O) groups is 2. The molecule has 0 amide bonds. The molecule has 0 rings (SSSR count). The molecular formula is C4H8Cl4O4. The fourth-order valence-corrected chi connectivity index (χ4v) is 0. The number of halogens is 4. The molecule has 0 aromatic carbocycles. The first kappa shape index (κ1) is 22.7. The summed E-state index contributed by atoms with van der Waals surface area (Å²) < 4.78 is 0. The van der Waals surface area contributed by atoms with E-state index in [1.165, 1.54) is 0 Å². The predicted octanol–water partition coefficient (Wildman–Crippen LogP) is 1.46. The summed E-state index contributed by atoms with van der Waals surface area (Å²) in [4.78, 5) is 18.5. The molecule has 0 heterocycles. The molecule has 0 fully saturated rings. The van der Waals surface area contributed by atoms with E-state index < -0.39 is 11.9 Å². The standard InChI is InChI=1S/2C2H3ClO2.2ClH/c2*3-1-2(4)5;;/h2*1H2,(H,4,5);2*1H. The van der Waals surface area contributed by atoms with Gasteiger partial charge in [-0.3, -0.25) is 9.59 Å². The van der Waals surface area contributed by atoms with Crippen LogP contribution in [-0.2, 0) is 9.59 Å². The van der Waals surface area contributed by atoms with Gasteiger partial charge < -0.3 is 10.2 Å². The monoisotopic (exact) mass is 260 g/mol. The lowest BCUT2D eigenvalue weighted by molar-refractivity contribution is -0.135. The predicted molar refractivity (Wildman–Crippen MR) is 51.2 cm³/mol. The van der Waals surface area contributed by atoms with E-state index in [1.807, 2.05) is 0 Å². The Bertz CT molecular complexity index is 104. The van der Waals surface area contributed by atoms with E-state index in [0.29, 0.717) is 0 Å². The molecule has 0 bridgehead atoms. The van der Waals surface area contributed by atoms with Crippen molar-refractivity contribution in [3.05, 3.63) is 0 Å². The van der Waals surface area contributed by atoms with E-state index >= 15 is 0 Å². The molecule has 4 nitrogen and oxygen atoms in total. The van der Waals surface area contributed by atoms with Gasteiger partial charge in [0.25, 0.3) is 0 Å². The number of carboxylic acid groups (broad SMARTS) is 2. The minimum Gasteiger partial charge on any atom is -0.480 e. The van der Waals surface area contributed by atoms with Gasteiger partial charge in [0, 0.05) is 0 Å². The van der Waals surface area contributed by atoms with E-state index in [9.17, 15) is 9.59 Å². The quantitative estimate of drug-likeness (QED) is 0.739. The van der Waals surface area contributed by atoms with E-state index in [2.05, 4.69) is 0 Å². The van der Waals surface area contributed by atoms with Gasteiger partial charge >= 0.3 is 11.9 Å². The highest BCUT2D eigenvalue weighted by atomic mass is 35.5. The first-order valence-corrected chi connectivity index (χ1v) is 3.17. The van der Waals surface area contributed by atoms with Crippen molar-refractivity contribution in [2.75, 3.05) is 11.8 Å². The number of hydrogen-bond donors (Lipinski definition) is 2. The third-order valence-electron chi connectivity index (χ3n) is 0.229. The summed E-state index contributed by atoms with van der Waals surface area (Å²) in [5.41, 5.74) is 0. The Morgan fingerprint density at radius 2 is 1.00 bits per heavy atom. The Labute approximate surface area is 91.7 Å². The molecule has 76 valence electrons. The summed E-state index contributed by atoms with van der Waals surface area (Å²) in [7, 11) is 0. The third kappa shape index (κ3) is 49.8. The lowest BCUT2D eigenvalue weighted by Crippen LogP contribution is -1.92. The van der Waals surface area contributed by atoms with Crippen molar-refractivity contribution < 1.29 is 19.8 Å². The molecule has 12 heavy (non-hydrogen) atoms. The molecule has 0 aliphatic carbocycles. The average Bonchev–Trinajstić information content (AvgIpc) is 1.89. The SMILES string of the molecule is Cl.Cl.O=C(O)CCl.O=C(O)CCl. The van der Waals surface area contributed by atoms with Crippen molar-refractivity contribution in [3.63, 3.8) is 0 Å². The van der Waals surface area contributed by atoms with Crippen molar-refractivity contribution >= 4 is 60.0 Å². The second kappa shape index (κ2) is 17.3. The van der Waals surface area contributed by atoms with Gasteiger partial charge in [-0.05, 0) is 0 Å². The highest BCUT2D eigenvalue weighted by molar-refractivity contribution is 6.26. The Balaban J connectivity index is -0.0000000457. The molecule has 8 heteroatoms. The van der Waals surface area contributed by atoms with Gasteiger partial charge in [0.1, 0.15) is 11.8 Å². The fraction of sp³-hybridized carbons (Fsp3) is 0.500. The Morgan fingerprint density at radius 3 is 1.00 bits per heavy atom. The van der Waals surface area contributed by atoms with Gasteiger partial charge in [0.05, 0.1) is 0 Å². The first-order chi connectivity index (χ1) is 4.54. The molecule has 0 saturated heterocycles. The average molecular weight is 262 g/mol. The molecule has 2 N–H and O–H groups in total. The molecule has 0 aliphatic rings. The highest BCUT2D eigenvalue weighted by Crippen LogP contribution is 1.68. The maximum Gasteiger partial charge on any atom is 0.318 e. The van der Waals surface area contributed by atoms with Gasteiger partial charge in [-0.15, -0.1) is 48.0 Å². The van der Waals surface area contributed by atoms with Crippen LogP contribution in [-0.4, -0.2) is 33.9 Å². The first-order valence-electron chi connectivity index (χ1n) is 2.10. The number of rotatable bonds is 2. The van der Waals surface area contributed by atoms with Gasteiger partial charge in [0.2, 0.25) is 0 Å². The maximum absolute atomic E-state index is 9.24. The summed E-state index contributed by atoms with van der Waals surface area (Å²) >= 11 is 9.47. The largest absolute Gasteiger partial charge is 0.480 e. The van der Waals surface area contributed by atoms with Crippen LogP contribution in [0.25, 0.3) is 0 Å². The minimum atomic E-state index is -0.980. The molecule has 0 atom stereocenters. The molecule has 0 unspecified atom stereocenters. The Hall–Kier alpha value is 0.1000. The van der Waals surface area contributed by atoms with Crippen LogP contribution in [0.1, 0.15) is 0 Å². The summed E-state index contributed by atoms with van der Waals surface area (Å²) in [5.74, 6) is -2.57. The molecule has 0 spiro atoms. The normalized spacial score (nSPS) is 6.17. The fourth-order valence-electron chi connectivity index (χ4n) is 0. The van der Waals surface area contributed by atoms with Crippen molar-refractivity contribution in [2.45, 2.75) is 0 Å². The van der Waals surface area contributed by atoms with Crippen LogP contribution in [0.5, 0.6) is 0 Å². The van der Waals surface area contributed by atoms with Gasteiger partial charge in [-0.25, -0.2) is 0 Å². The molecule has 0 saturated carbocycles. The highest BCUT2D eigenvalue weighted by Gasteiger charge is 1.83. The molecule has 0 aliphatic heterocycles. The number of hydrogen-bond acceptors (Lipinski definition) is 2. The molecule has 0 aromatic rings. The lowest BCUT2D eigenvalue weighted by Gasteiger charge is -1.70. The molecule has 0 radical (unpaired) electrons. The number of carboxylic acids is 2. The number of aliphatic carboxylic acids is 2. The lowest BCUT2D eigenvalue weighted by atomic mass is 10.8. The van der Waals surface area contributed by atoms with Crippen LogP contribution in [0.3, 0.4) is 0 Å². The van der Waals surface area contributed by atoms with Crippen LogP contribution >= 0.6 is 48.0 Å². The van der Waals surface area contributed by atoms with E-state index in [4.69, 9.17) is 33.4 Å². The summed E-state index contributed by atoms with van der Waals surface area (Å²) in [6.07, 6.45) is 0. The van der Waals surface area contributed by atoms with Crippen molar-refractivity contribution in [2.24, 2.45) is 0 Å². The zero-order chi connectivity index (χ0) is 8.57. The van der Waals surface area contributed by atoms with Gasteiger partial charge in [0.15, 0.2) is 0 Å². The van der Waals surface area contributed by atoms with Crippen LogP contribution < -0.4 is 0 Å². The van der Waals surface area contributed by atoms with Crippen molar-refractivity contribution in [1.82, 2.24) is 0 Å². The Kier molecular flexibility index (Phi) is 32.7. The molecule has 0 aromatic heterocycles. The Morgan fingerprint density at radius 1 is 0.917 bits per heavy atom. The van der Waals surface area contributed by atoms with Crippen LogP contribution in [0, 0.1) is 0 Å².